The van der Waals surface area contributed by atoms with Gasteiger partial charge in [0, 0.05) is 25.0 Å². The molecule has 5 nitrogen and oxygen atoms in total. The Balaban J connectivity index is 1.36. The SMILES string of the molecule is COC(=O)[C@@H]1CCN(C(=O)N[C@@H]2[C@@H]3CCc4ccccc4[C@@H]32)C[C@H]1C. The molecule has 0 unspecified atom stereocenters. The van der Waals surface area contributed by atoms with Gasteiger partial charge in [-0.15, -0.1) is 0 Å². The summed E-state index contributed by atoms with van der Waals surface area (Å²) < 4.78 is 4.87. The van der Waals surface area contributed by atoms with E-state index in [1.165, 1.54) is 18.2 Å². The minimum atomic E-state index is -0.155. The second-order valence-corrected chi connectivity index (χ2v) is 7.74. The van der Waals surface area contributed by atoms with Crippen LogP contribution in [-0.2, 0) is 16.0 Å². The van der Waals surface area contributed by atoms with Crippen LogP contribution in [-0.4, -0.2) is 43.1 Å². The van der Waals surface area contributed by atoms with E-state index < -0.39 is 0 Å². The van der Waals surface area contributed by atoms with Crippen molar-refractivity contribution in [3.05, 3.63) is 35.4 Å². The number of methoxy groups -OCH3 is 1. The van der Waals surface area contributed by atoms with Crippen LogP contribution >= 0.6 is 0 Å². The van der Waals surface area contributed by atoms with Crippen LogP contribution in [0, 0.1) is 17.8 Å². The molecular formula is C20H26N2O3. The molecule has 4 rings (SSSR count). The molecule has 2 aliphatic carbocycles. The number of piperidine rings is 1. The fraction of sp³-hybridized carbons (Fsp3) is 0.600. The van der Waals surface area contributed by atoms with Gasteiger partial charge >= 0.3 is 12.0 Å². The zero-order valence-corrected chi connectivity index (χ0v) is 14.9. The Kier molecular flexibility index (Phi) is 4.18. The highest BCUT2D eigenvalue weighted by Gasteiger charge is 2.54. The Labute approximate surface area is 148 Å². The predicted molar refractivity (Wildman–Crippen MR) is 94.2 cm³/mol. The zero-order chi connectivity index (χ0) is 17.6. The molecule has 1 aliphatic heterocycles. The van der Waals surface area contributed by atoms with Gasteiger partial charge in [0.25, 0.3) is 0 Å². The molecule has 5 atom stereocenters. The van der Waals surface area contributed by atoms with Crippen molar-refractivity contribution < 1.29 is 14.3 Å². The van der Waals surface area contributed by atoms with Crippen LogP contribution in [0.1, 0.15) is 36.8 Å². The van der Waals surface area contributed by atoms with Gasteiger partial charge in [-0.05, 0) is 42.2 Å². The number of carbonyl (C=O) groups excluding carboxylic acids is 2. The van der Waals surface area contributed by atoms with Crippen LogP contribution in [0.5, 0.6) is 0 Å². The summed E-state index contributed by atoms with van der Waals surface area (Å²) in [5.41, 5.74) is 2.86. The normalized spacial score (nSPS) is 33.0. The molecule has 25 heavy (non-hydrogen) atoms. The van der Waals surface area contributed by atoms with Gasteiger partial charge in [-0.3, -0.25) is 4.79 Å². The Morgan fingerprint density at radius 2 is 2.04 bits per heavy atom. The van der Waals surface area contributed by atoms with Crippen molar-refractivity contribution in [2.45, 2.75) is 38.1 Å². The van der Waals surface area contributed by atoms with E-state index in [0.717, 1.165) is 12.8 Å². The average molecular weight is 342 g/mol. The van der Waals surface area contributed by atoms with E-state index in [1.807, 2.05) is 11.8 Å². The smallest absolute Gasteiger partial charge is 0.317 e. The predicted octanol–water partition coefficient (Wildman–Crippen LogP) is 2.56. The number of ether oxygens (including phenoxy) is 1. The van der Waals surface area contributed by atoms with Gasteiger partial charge in [0.05, 0.1) is 13.0 Å². The van der Waals surface area contributed by atoms with Crippen molar-refractivity contribution in [1.29, 1.82) is 0 Å². The number of carbonyl (C=O) groups is 2. The highest BCUT2D eigenvalue weighted by atomic mass is 16.5. The van der Waals surface area contributed by atoms with Crippen LogP contribution in [0.15, 0.2) is 24.3 Å². The number of fused-ring (bicyclic) bond motifs is 3. The number of nitrogens with one attached hydrogen (secondary N) is 1. The standard InChI is InChI=1S/C20H26N2O3/c1-12-11-22(10-9-14(12)19(23)25-2)20(24)21-18-16-8-7-13-5-3-4-6-15(13)17(16)18/h3-6,12,14,16-18H,7-11H2,1-2H3,(H,21,24)/t12-,14-,16-,17+,18-/m1/s1. The molecule has 1 N–H and O–H groups in total. The van der Waals surface area contributed by atoms with Crippen LogP contribution in [0.4, 0.5) is 4.79 Å². The summed E-state index contributed by atoms with van der Waals surface area (Å²) in [4.78, 5) is 26.3. The number of hydrogen-bond donors (Lipinski definition) is 1. The minimum absolute atomic E-state index is 0.0204. The molecule has 0 aromatic heterocycles. The van der Waals surface area contributed by atoms with Crippen molar-refractivity contribution in [2.75, 3.05) is 20.2 Å². The summed E-state index contributed by atoms with van der Waals surface area (Å²) in [6.45, 7) is 3.26. The van der Waals surface area contributed by atoms with Crippen molar-refractivity contribution in [3.8, 4) is 0 Å². The van der Waals surface area contributed by atoms with Gasteiger partial charge in [0.2, 0.25) is 0 Å². The first-order valence-corrected chi connectivity index (χ1v) is 9.31. The van der Waals surface area contributed by atoms with E-state index in [0.29, 0.717) is 31.3 Å². The van der Waals surface area contributed by atoms with Crippen molar-refractivity contribution >= 4 is 12.0 Å². The number of nitrogens with zero attached hydrogens (tertiary/aromatic N) is 1. The largest absolute Gasteiger partial charge is 0.469 e. The Bertz CT molecular complexity index is 689. The molecule has 1 aromatic carbocycles. The lowest BCUT2D eigenvalue weighted by molar-refractivity contribution is -0.148. The maximum atomic E-state index is 12.7. The van der Waals surface area contributed by atoms with Gasteiger partial charge < -0.3 is 15.0 Å². The van der Waals surface area contributed by atoms with E-state index in [2.05, 4.69) is 29.6 Å². The Hall–Kier alpha value is -2.04. The quantitative estimate of drug-likeness (QED) is 0.841. The van der Waals surface area contributed by atoms with Crippen LogP contribution in [0.3, 0.4) is 0 Å². The van der Waals surface area contributed by atoms with Crippen LogP contribution in [0.2, 0.25) is 0 Å². The molecule has 3 aliphatic rings. The summed E-state index contributed by atoms with van der Waals surface area (Å²) in [7, 11) is 1.43. The molecule has 0 bridgehead atoms. The lowest BCUT2D eigenvalue weighted by Crippen LogP contribution is -2.49. The molecule has 1 saturated carbocycles. The first kappa shape index (κ1) is 16.4. The molecule has 0 spiro atoms. The number of rotatable bonds is 2. The number of benzene rings is 1. The van der Waals surface area contributed by atoms with Crippen LogP contribution < -0.4 is 5.32 Å². The van der Waals surface area contributed by atoms with Crippen molar-refractivity contribution in [2.24, 2.45) is 17.8 Å². The lowest BCUT2D eigenvalue weighted by atomic mass is 9.87. The monoisotopic (exact) mass is 342 g/mol. The third kappa shape index (κ3) is 2.90. The molecule has 1 saturated heterocycles. The summed E-state index contributed by atoms with van der Waals surface area (Å²) >= 11 is 0. The first-order chi connectivity index (χ1) is 12.1. The Morgan fingerprint density at radius 3 is 2.80 bits per heavy atom. The molecule has 0 radical (unpaired) electrons. The number of aryl methyl sites for hydroxylation is 1. The summed E-state index contributed by atoms with van der Waals surface area (Å²) in [5, 5.41) is 3.26. The van der Waals surface area contributed by atoms with Crippen molar-refractivity contribution in [3.63, 3.8) is 0 Å². The van der Waals surface area contributed by atoms with Gasteiger partial charge in [-0.25, -0.2) is 4.79 Å². The maximum absolute atomic E-state index is 12.7. The second-order valence-electron chi connectivity index (χ2n) is 7.74. The molecular weight excluding hydrogens is 316 g/mol. The van der Waals surface area contributed by atoms with E-state index in [9.17, 15) is 9.59 Å². The maximum Gasteiger partial charge on any atom is 0.317 e. The van der Waals surface area contributed by atoms with Gasteiger partial charge in [-0.1, -0.05) is 31.2 Å². The molecule has 1 heterocycles. The molecule has 134 valence electrons. The lowest BCUT2D eigenvalue weighted by Gasteiger charge is -2.35. The van der Waals surface area contributed by atoms with E-state index >= 15 is 0 Å². The summed E-state index contributed by atoms with van der Waals surface area (Å²) in [5.74, 6) is 0.957. The Morgan fingerprint density at radius 1 is 1.24 bits per heavy atom. The van der Waals surface area contributed by atoms with Gasteiger partial charge in [0.15, 0.2) is 0 Å². The number of hydrogen-bond acceptors (Lipinski definition) is 3. The third-order valence-electron chi connectivity index (χ3n) is 6.32. The zero-order valence-electron chi connectivity index (χ0n) is 14.9. The molecule has 2 amide bonds. The highest BCUT2D eigenvalue weighted by Crippen LogP contribution is 2.54. The number of urea groups is 1. The van der Waals surface area contributed by atoms with Crippen molar-refractivity contribution in [1.82, 2.24) is 10.2 Å². The number of esters is 1. The van der Waals surface area contributed by atoms with E-state index in [4.69, 9.17) is 4.74 Å². The van der Waals surface area contributed by atoms with Gasteiger partial charge in [-0.2, -0.15) is 0 Å². The number of amides is 2. The molecule has 1 aromatic rings. The molecule has 2 fully saturated rings. The fourth-order valence-electron chi connectivity index (χ4n) is 4.83. The summed E-state index contributed by atoms with van der Waals surface area (Å²) in [6, 6.07) is 8.90. The van der Waals surface area contributed by atoms with Gasteiger partial charge in [0.1, 0.15) is 0 Å². The third-order valence-corrected chi connectivity index (χ3v) is 6.32. The topological polar surface area (TPSA) is 58.6 Å². The molecule has 5 heteroatoms. The number of likely N-dealkylation sites (tertiary alicyclic amines) is 1. The first-order valence-electron chi connectivity index (χ1n) is 9.31. The fourth-order valence-corrected chi connectivity index (χ4v) is 4.83. The van der Waals surface area contributed by atoms with E-state index in [-0.39, 0.29) is 29.9 Å². The van der Waals surface area contributed by atoms with E-state index in [1.54, 1.807) is 0 Å². The highest BCUT2D eigenvalue weighted by molar-refractivity contribution is 5.77. The minimum Gasteiger partial charge on any atom is -0.469 e. The second kappa shape index (κ2) is 6.36. The summed E-state index contributed by atoms with van der Waals surface area (Å²) in [6.07, 6.45) is 2.96. The average Bonchev–Trinajstić information content (AvgIpc) is 3.34. The van der Waals surface area contributed by atoms with Crippen LogP contribution in [0.25, 0.3) is 0 Å².